The van der Waals surface area contributed by atoms with E-state index >= 15 is 0 Å². The number of anilines is 2. The number of nitrogens with zero attached hydrogens (tertiary/aromatic N) is 5. The van der Waals surface area contributed by atoms with Crippen LogP contribution in [0.3, 0.4) is 0 Å². The number of hydrogen-bond donors (Lipinski definition) is 1. The third kappa shape index (κ3) is 5.86. The molecule has 1 saturated carbocycles. The van der Waals surface area contributed by atoms with Crippen molar-refractivity contribution in [3.63, 3.8) is 0 Å². The molecule has 37 heavy (non-hydrogen) atoms. The molecule has 0 amide bonds. The summed E-state index contributed by atoms with van der Waals surface area (Å²) in [5, 5.41) is 4.04. The molecule has 0 atom stereocenters. The lowest BCUT2D eigenvalue weighted by Crippen LogP contribution is -2.46. The second-order valence-corrected chi connectivity index (χ2v) is 11.4. The Morgan fingerprint density at radius 2 is 1.81 bits per heavy atom. The molecule has 0 unspecified atom stereocenters. The molecule has 1 N–H and O–H groups in total. The summed E-state index contributed by atoms with van der Waals surface area (Å²) < 4.78 is 17.7. The van der Waals surface area contributed by atoms with Crippen LogP contribution in [0.2, 0.25) is 0 Å². The van der Waals surface area contributed by atoms with Gasteiger partial charge in [-0.1, -0.05) is 18.3 Å². The first kappa shape index (κ1) is 24.5. The molecule has 3 aliphatic rings. The topological polar surface area (TPSA) is 94.5 Å². The average molecular weight is 523 g/mol. The zero-order valence-electron chi connectivity index (χ0n) is 21.3. The molecule has 10 heteroatoms. The monoisotopic (exact) mass is 522 g/mol. The van der Waals surface area contributed by atoms with Crippen LogP contribution < -0.4 is 14.8 Å². The Morgan fingerprint density at radius 1 is 1.00 bits per heavy atom. The number of piperidine rings is 1. The van der Waals surface area contributed by atoms with Crippen molar-refractivity contribution in [2.75, 3.05) is 38.2 Å². The molecule has 2 saturated heterocycles. The van der Waals surface area contributed by atoms with E-state index in [2.05, 4.69) is 37.1 Å². The van der Waals surface area contributed by atoms with E-state index < -0.39 is 0 Å². The van der Waals surface area contributed by atoms with E-state index in [9.17, 15) is 0 Å². The fourth-order valence-electron chi connectivity index (χ4n) is 5.30. The number of thiazole rings is 1. The van der Waals surface area contributed by atoms with Gasteiger partial charge in [-0.05, 0) is 63.3 Å². The minimum absolute atomic E-state index is 0.169. The van der Waals surface area contributed by atoms with Gasteiger partial charge in [0.1, 0.15) is 23.8 Å². The predicted octanol–water partition coefficient (Wildman–Crippen LogP) is 4.94. The summed E-state index contributed by atoms with van der Waals surface area (Å²) in [7, 11) is 0. The fourth-order valence-corrected chi connectivity index (χ4v) is 6.10. The summed E-state index contributed by atoms with van der Waals surface area (Å²) >= 11 is 1.52. The zero-order chi connectivity index (χ0) is 25.1. The van der Waals surface area contributed by atoms with Crippen molar-refractivity contribution >= 4 is 22.3 Å². The van der Waals surface area contributed by atoms with Crippen LogP contribution in [0, 0.1) is 5.41 Å². The fraction of sp³-hybridized carbons (Fsp3) is 0.556. The maximum Gasteiger partial charge on any atom is 0.317 e. The van der Waals surface area contributed by atoms with Crippen molar-refractivity contribution in [1.82, 2.24) is 24.8 Å². The standard InChI is InChI=1S/C27H34N6O3S/c1-2-33-13-8-20(9-14-33)35-21-3-4-24(29-15-21)32-26-30-16-23(37-26)22-7-12-28-25(31-22)36-19-5-10-27(11-6-19)17-34-18-27/h3-4,7,12,15-16,19-20H,2,5-6,8-11,13-14,17-18H2,1H3,(H,29,30,32). The van der Waals surface area contributed by atoms with Crippen LogP contribution in [0.15, 0.2) is 36.8 Å². The molecule has 2 aliphatic heterocycles. The molecule has 0 aromatic carbocycles. The molecule has 3 fully saturated rings. The number of rotatable bonds is 8. The van der Waals surface area contributed by atoms with Crippen molar-refractivity contribution in [3.05, 3.63) is 36.8 Å². The quantitative estimate of drug-likeness (QED) is 0.441. The number of likely N-dealkylation sites (tertiary alicyclic amines) is 1. The van der Waals surface area contributed by atoms with E-state index in [-0.39, 0.29) is 12.2 Å². The lowest BCUT2D eigenvalue weighted by atomic mass is 9.72. The first-order valence-electron chi connectivity index (χ1n) is 13.3. The maximum atomic E-state index is 6.14. The summed E-state index contributed by atoms with van der Waals surface area (Å²) in [5.74, 6) is 1.54. The second kappa shape index (κ2) is 10.9. The van der Waals surface area contributed by atoms with Crippen LogP contribution in [-0.4, -0.2) is 69.9 Å². The SMILES string of the molecule is CCN1CCC(Oc2ccc(Nc3ncc(-c4ccnc(OC5CCC6(CC5)COC6)n4)s3)nc2)CC1. The minimum atomic E-state index is 0.169. The normalized spacial score (nSPS) is 20.5. The number of hydrogen-bond acceptors (Lipinski definition) is 10. The zero-order valence-corrected chi connectivity index (χ0v) is 22.1. The van der Waals surface area contributed by atoms with Gasteiger partial charge in [0.05, 0.1) is 30.0 Å². The summed E-state index contributed by atoms with van der Waals surface area (Å²) in [6.07, 6.45) is 12.3. The Morgan fingerprint density at radius 3 is 2.51 bits per heavy atom. The van der Waals surface area contributed by atoms with E-state index in [1.165, 1.54) is 11.3 Å². The molecule has 3 aromatic rings. The summed E-state index contributed by atoms with van der Waals surface area (Å²) in [6.45, 7) is 7.31. The molecule has 1 aliphatic carbocycles. The van der Waals surface area contributed by atoms with E-state index in [1.54, 1.807) is 12.4 Å². The Balaban J connectivity index is 1.02. The lowest BCUT2D eigenvalue weighted by Gasteiger charge is -2.45. The number of pyridine rings is 1. The summed E-state index contributed by atoms with van der Waals surface area (Å²) in [4.78, 5) is 21.4. The summed E-state index contributed by atoms with van der Waals surface area (Å²) in [5.41, 5.74) is 1.21. The first-order valence-corrected chi connectivity index (χ1v) is 14.1. The number of ether oxygens (including phenoxy) is 3. The van der Waals surface area contributed by atoms with Gasteiger partial charge < -0.3 is 24.4 Å². The van der Waals surface area contributed by atoms with E-state index in [0.29, 0.717) is 11.4 Å². The Hall–Kier alpha value is -2.82. The van der Waals surface area contributed by atoms with E-state index in [1.807, 2.05) is 24.4 Å². The maximum absolute atomic E-state index is 6.14. The molecule has 3 aromatic heterocycles. The lowest BCUT2D eigenvalue weighted by molar-refractivity contribution is -0.140. The van der Waals surface area contributed by atoms with E-state index in [4.69, 9.17) is 14.2 Å². The van der Waals surface area contributed by atoms with Crippen molar-refractivity contribution in [2.45, 2.75) is 57.7 Å². The van der Waals surface area contributed by atoms with Crippen LogP contribution in [0.25, 0.3) is 10.6 Å². The Kier molecular flexibility index (Phi) is 7.21. The smallest absolute Gasteiger partial charge is 0.317 e. The summed E-state index contributed by atoms with van der Waals surface area (Å²) in [6, 6.07) is 6.22. The predicted molar refractivity (Wildman–Crippen MR) is 143 cm³/mol. The first-order chi connectivity index (χ1) is 18.2. The highest BCUT2D eigenvalue weighted by molar-refractivity contribution is 7.18. The Bertz CT molecular complexity index is 1170. The highest BCUT2D eigenvalue weighted by Crippen LogP contribution is 2.43. The van der Waals surface area contributed by atoms with E-state index in [0.717, 1.165) is 98.6 Å². The van der Waals surface area contributed by atoms with Crippen molar-refractivity contribution < 1.29 is 14.2 Å². The second-order valence-electron chi connectivity index (χ2n) is 10.3. The molecule has 5 heterocycles. The molecule has 0 radical (unpaired) electrons. The van der Waals surface area contributed by atoms with Gasteiger partial charge in [-0.15, -0.1) is 0 Å². The highest BCUT2D eigenvalue weighted by atomic mass is 32.1. The molecule has 1 spiro atoms. The third-order valence-electron chi connectivity index (χ3n) is 7.73. The molecule has 9 nitrogen and oxygen atoms in total. The van der Waals surface area contributed by atoms with Crippen LogP contribution in [0.1, 0.15) is 45.4 Å². The van der Waals surface area contributed by atoms with Crippen molar-refractivity contribution in [3.8, 4) is 22.3 Å². The van der Waals surface area contributed by atoms with Crippen LogP contribution >= 0.6 is 11.3 Å². The average Bonchev–Trinajstić information content (AvgIpc) is 3.39. The van der Waals surface area contributed by atoms with Crippen LogP contribution in [0.5, 0.6) is 11.8 Å². The van der Waals surface area contributed by atoms with Crippen LogP contribution in [-0.2, 0) is 4.74 Å². The number of nitrogens with one attached hydrogen (secondary N) is 1. The van der Waals surface area contributed by atoms with Crippen LogP contribution in [0.4, 0.5) is 10.9 Å². The number of aromatic nitrogens is 4. The molecule has 6 rings (SSSR count). The highest BCUT2D eigenvalue weighted by Gasteiger charge is 2.42. The van der Waals surface area contributed by atoms with Gasteiger partial charge in [-0.25, -0.2) is 15.0 Å². The minimum Gasteiger partial charge on any atom is -0.489 e. The van der Waals surface area contributed by atoms with Gasteiger partial charge in [-0.3, -0.25) is 0 Å². The van der Waals surface area contributed by atoms with Crippen molar-refractivity contribution in [1.29, 1.82) is 0 Å². The van der Waals surface area contributed by atoms with Gasteiger partial charge in [0, 0.05) is 30.9 Å². The van der Waals surface area contributed by atoms with Gasteiger partial charge in [0.15, 0.2) is 5.13 Å². The van der Waals surface area contributed by atoms with Gasteiger partial charge in [0.2, 0.25) is 0 Å². The largest absolute Gasteiger partial charge is 0.489 e. The van der Waals surface area contributed by atoms with Crippen molar-refractivity contribution in [2.24, 2.45) is 5.41 Å². The van der Waals surface area contributed by atoms with Gasteiger partial charge in [0.25, 0.3) is 0 Å². The third-order valence-corrected chi connectivity index (χ3v) is 8.66. The Labute approximate surface area is 221 Å². The molecule has 0 bridgehead atoms. The molecular formula is C27H34N6O3S. The molecule has 196 valence electrons. The molecular weight excluding hydrogens is 488 g/mol. The van der Waals surface area contributed by atoms with Gasteiger partial charge in [-0.2, -0.15) is 4.98 Å². The van der Waals surface area contributed by atoms with Gasteiger partial charge >= 0.3 is 6.01 Å².